The van der Waals surface area contributed by atoms with E-state index in [0.29, 0.717) is 25.2 Å². The Labute approximate surface area is 205 Å². The number of piperazine rings is 1. The summed E-state index contributed by atoms with van der Waals surface area (Å²) in [6.07, 6.45) is 4.92. The Balaban J connectivity index is 0.00000241. The Kier molecular flexibility index (Phi) is 6.37. The SMILES string of the molecule is Cl.NC1[C@H]2CN(C3CCc4cc(-n5ccc(NC(=O)N6CCNCC6)nc5=O)ccc4C3)C[C@@H]12. The third-order valence-electron chi connectivity index (χ3n) is 7.92. The number of fused-ring (bicyclic) bond motifs is 2. The maximum Gasteiger partial charge on any atom is 0.354 e. The molecule has 0 radical (unpaired) electrons. The zero-order valence-electron chi connectivity index (χ0n) is 19.2. The summed E-state index contributed by atoms with van der Waals surface area (Å²) in [7, 11) is 0. The van der Waals surface area contributed by atoms with Crippen molar-refractivity contribution in [2.45, 2.75) is 31.3 Å². The molecule has 1 saturated carbocycles. The average molecular weight is 486 g/mol. The second-order valence-corrected chi connectivity index (χ2v) is 9.84. The predicted octanol–water partition coefficient (Wildman–Crippen LogP) is 0.838. The summed E-state index contributed by atoms with van der Waals surface area (Å²) in [5.41, 5.74) is 9.22. The lowest BCUT2D eigenvalue weighted by molar-refractivity contribution is 0.197. The van der Waals surface area contributed by atoms with E-state index in [0.717, 1.165) is 63.0 Å². The number of rotatable bonds is 3. The number of hydrogen-bond donors (Lipinski definition) is 3. The monoisotopic (exact) mass is 485 g/mol. The number of nitrogens with two attached hydrogens (primary N) is 1. The number of nitrogens with one attached hydrogen (secondary N) is 2. The van der Waals surface area contributed by atoms with Gasteiger partial charge in [0.2, 0.25) is 0 Å². The van der Waals surface area contributed by atoms with Crippen LogP contribution in [0.2, 0.25) is 0 Å². The van der Waals surface area contributed by atoms with Gasteiger partial charge in [0.1, 0.15) is 5.82 Å². The molecule has 4 N–H and O–H groups in total. The number of nitrogens with zero attached hydrogens (tertiary/aromatic N) is 4. The van der Waals surface area contributed by atoms with Gasteiger partial charge in [0.15, 0.2) is 0 Å². The van der Waals surface area contributed by atoms with Crippen molar-refractivity contribution in [3.8, 4) is 5.69 Å². The predicted molar refractivity (Wildman–Crippen MR) is 133 cm³/mol. The van der Waals surface area contributed by atoms with Crippen LogP contribution >= 0.6 is 12.4 Å². The molecular formula is C24H32ClN7O2. The fourth-order valence-corrected chi connectivity index (χ4v) is 5.81. The lowest BCUT2D eigenvalue weighted by Gasteiger charge is -2.34. The first-order chi connectivity index (χ1) is 16.1. The maximum absolute atomic E-state index is 12.7. The number of benzene rings is 1. The molecule has 0 bridgehead atoms. The van der Waals surface area contributed by atoms with Crippen molar-refractivity contribution in [1.82, 2.24) is 24.7 Å². The average Bonchev–Trinajstić information content (AvgIpc) is 3.23. The number of urea groups is 1. The van der Waals surface area contributed by atoms with E-state index in [1.807, 2.05) is 6.07 Å². The molecule has 4 atom stereocenters. The van der Waals surface area contributed by atoms with Crippen molar-refractivity contribution < 1.29 is 4.79 Å². The molecule has 6 rings (SSSR count). The second-order valence-electron chi connectivity index (χ2n) is 9.84. The molecule has 10 heteroatoms. The number of aromatic nitrogens is 2. The van der Waals surface area contributed by atoms with E-state index < -0.39 is 5.69 Å². The smallest absolute Gasteiger partial charge is 0.327 e. The first-order valence-corrected chi connectivity index (χ1v) is 12.0. The molecule has 3 fully saturated rings. The zero-order chi connectivity index (χ0) is 22.5. The van der Waals surface area contributed by atoms with Crippen LogP contribution in [0.5, 0.6) is 0 Å². The number of anilines is 1. The highest BCUT2D eigenvalue weighted by molar-refractivity contribution is 5.88. The van der Waals surface area contributed by atoms with Crippen LogP contribution < -0.4 is 22.1 Å². The molecule has 2 unspecified atom stereocenters. The number of aryl methyl sites for hydroxylation is 1. The van der Waals surface area contributed by atoms with Crippen LogP contribution in [0.25, 0.3) is 5.69 Å². The largest absolute Gasteiger partial charge is 0.354 e. The van der Waals surface area contributed by atoms with E-state index in [9.17, 15) is 9.59 Å². The van der Waals surface area contributed by atoms with Gasteiger partial charge >= 0.3 is 11.7 Å². The van der Waals surface area contributed by atoms with Gasteiger partial charge in [-0.15, -0.1) is 12.4 Å². The number of carbonyl (C=O) groups excluding carboxylic acids is 1. The molecule has 2 amide bonds. The lowest BCUT2D eigenvalue weighted by atomic mass is 9.87. The van der Waals surface area contributed by atoms with E-state index in [2.05, 4.69) is 32.7 Å². The normalized spacial score (nSPS) is 28.0. The Morgan fingerprint density at radius 1 is 1.12 bits per heavy atom. The summed E-state index contributed by atoms with van der Waals surface area (Å²) in [6, 6.07) is 8.78. The number of carbonyl (C=O) groups is 1. The number of halogens is 1. The Bertz CT molecular complexity index is 1120. The van der Waals surface area contributed by atoms with Crippen LogP contribution in [0.15, 0.2) is 35.3 Å². The van der Waals surface area contributed by atoms with Crippen LogP contribution in [-0.2, 0) is 12.8 Å². The van der Waals surface area contributed by atoms with Crippen LogP contribution in [-0.4, -0.2) is 76.7 Å². The Morgan fingerprint density at radius 3 is 2.62 bits per heavy atom. The highest BCUT2D eigenvalue weighted by Crippen LogP contribution is 2.45. The Morgan fingerprint density at radius 2 is 1.88 bits per heavy atom. The van der Waals surface area contributed by atoms with Crippen molar-refractivity contribution in [1.29, 1.82) is 0 Å². The zero-order valence-corrected chi connectivity index (χ0v) is 20.0. The van der Waals surface area contributed by atoms with Gasteiger partial charge in [0.05, 0.1) is 5.69 Å². The first-order valence-electron chi connectivity index (χ1n) is 12.0. The summed E-state index contributed by atoms with van der Waals surface area (Å²) in [5, 5.41) is 5.96. The summed E-state index contributed by atoms with van der Waals surface area (Å²) >= 11 is 0. The minimum atomic E-state index is -0.394. The highest BCUT2D eigenvalue weighted by atomic mass is 35.5. The van der Waals surface area contributed by atoms with Gasteiger partial charge in [-0.1, -0.05) is 6.07 Å². The molecule has 9 nitrogen and oxygen atoms in total. The molecular weight excluding hydrogens is 454 g/mol. The van der Waals surface area contributed by atoms with Crippen molar-refractivity contribution in [2.75, 3.05) is 44.6 Å². The second kappa shape index (κ2) is 9.30. The molecule has 4 aliphatic rings. The number of likely N-dealkylation sites (tertiary alicyclic amines) is 1. The molecule has 1 aromatic carbocycles. The third-order valence-corrected chi connectivity index (χ3v) is 7.92. The molecule has 2 aromatic rings. The van der Waals surface area contributed by atoms with Crippen LogP contribution in [0, 0.1) is 11.8 Å². The molecule has 0 spiro atoms. The van der Waals surface area contributed by atoms with Gasteiger partial charge in [-0.25, -0.2) is 9.59 Å². The van der Waals surface area contributed by atoms with E-state index in [1.54, 1.807) is 21.7 Å². The molecule has 182 valence electrons. The van der Waals surface area contributed by atoms with Crippen molar-refractivity contribution >= 4 is 24.3 Å². The van der Waals surface area contributed by atoms with Gasteiger partial charge < -0.3 is 16.0 Å². The minimum absolute atomic E-state index is 0. The molecule has 2 aliphatic heterocycles. The van der Waals surface area contributed by atoms with Gasteiger partial charge in [0.25, 0.3) is 0 Å². The molecule has 1 aromatic heterocycles. The maximum atomic E-state index is 12.7. The fraction of sp³-hybridized carbons (Fsp3) is 0.542. The molecule has 3 heterocycles. The van der Waals surface area contributed by atoms with Gasteiger partial charge in [-0.05, 0) is 60.4 Å². The summed E-state index contributed by atoms with van der Waals surface area (Å²) < 4.78 is 1.54. The number of amides is 2. The standard InChI is InChI=1S/C24H31N7O2.ClH/c25-22-19-13-30(14-20(19)22)17-3-1-16-12-18(4-2-15(16)11-17)31-8-5-21(28-24(31)33)27-23(32)29-9-6-26-7-10-29;/h2,4-5,8,12,17,19-20,22,26H,1,3,6-7,9-11,13-14,25H2,(H,27,28,32,33);1H/t17?,19-,20+,22?;. The summed E-state index contributed by atoms with van der Waals surface area (Å²) in [4.78, 5) is 33.5. The Hall–Kier alpha value is -2.46. The topological polar surface area (TPSA) is 109 Å². The summed E-state index contributed by atoms with van der Waals surface area (Å²) in [6.45, 7) is 5.14. The minimum Gasteiger partial charge on any atom is -0.327 e. The van der Waals surface area contributed by atoms with Gasteiger partial charge in [-0.2, -0.15) is 4.98 Å². The van der Waals surface area contributed by atoms with E-state index in [-0.39, 0.29) is 24.3 Å². The van der Waals surface area contributed by atoms with Crippen molar-refractivity contribution in [3.05, 3.63) is 52.1 Å². The van der Waals surface area contributed by atoms with E-state index in [4.69, 9.17) is 5.73 Å². The number of piperidine rings is 1. The fourth-order valence-electron chi connectivity index (χ4n) is 5.81. The van der Waals surface area contributed by atoms with Crippen LogP contribution in [0.1, 0.15) is 17.5 Å². The van der Waals surface area contributed by atoms with Crippen LogP contribution in [0.4, 0.5) is 10.6 Å². The molecule has 2 aliphatic carbocycles. The molecule has 2 saturated heterocycles. The number of hydrogen-bond acceptors (Lipinski definition) is 6. The van der Waals surface area contributed by atoms with Gasteiger partial charge in [-0.3, -0.25) is 14.8 Å². The lowest BCUT2D eigenvalue weighted by Crippen LogP contribution is -2.48. The van der Waals surface area contributed by atoms with E-state index >= 15 is 0 Å². The summed E-state index contributed by atoms with van der Waals surface area (Å²) in [5.74, 6) is 1.72. The molecule has 34 heavy (non-hydrogen) atoms. The van der Waals surface area contributed by atoms with E-state index in [1.165, 1.54) is 11.1 Å². The van der Waals surface area contributed by atoms with Gasteiger partial charge in [0, 0.05) is 57.5 Å². The highest BCUT2D eigenvalue weighted by Gasteiger charge is 2.54. The van der Waals surface area contributed by atoms with Crippen LogP contribution in [0.3, 0.4) is 0 Å². The van der Waals surface area contributed by atoms with Crippen molar-refractivity contribution in [3.63, 3.8) is 0 Å². The first kappa shape index (κ1) is 23.3. The third kappa shape index (κ3) is 4.33. The quantitative estimate of drug-likeness (QED) is 0.594. The van der Waals surface area contributed by atoms with Crippen molar-refractivity contribution in [2.24, 2.45) is 17.6 Å².